The first kappa shape index (κ1) is 16.0. The van der Waals surface area contributed by atoms with Gasteiger partial charge < -0.3 is 0 Å². The average molecular weight is 305 g/mol. The van der Waals surface area contributed by atoms with Crippen LogP contribution in [0.4, 0.5) is 0 Å². The molecule has 1 aliphatic rings. The molecule has 20 heavy (non-hydrogen) atoms. The Morgan fingerprint density at radius 1 is 1.10 bits per heavy atom. The lowest BCUT2D eigenvalue weighted by molar-refractivity contribution is 0.382. The SMILES string of the molecule is CC(C)[C@H]1[C@H](C)CCC[Si]1(c1ccccc1)[Si](C)(C)C. The third kappa shape index (κ3) is 2.57. The number of hydrogen-bond acceptors (Lipinski definition) is 0. The molecule has 1 aliphatic heterocycles. The van der Waals surface area contributed by atoms with Crippen LogP contribution in [0.1, 0.15) is 33.6 Å². The van der Waals surface area contributed by atoms with Crippen molar-refractivity contribution in [1.29, 1.82) is 0 Å². The van der Waals surface area contributed by atoms with Crippen molar-refractivity contribution in [2.45, 2.75) is 64.8 Å². The van der Waals surface area contributed by atoms with Gasteiger partial charge >= 0.3 is 0 Å². The minimum atomic E-state index is -1.38. The Morgan fingerprint density at radius 2 is 1.70 bits per heavy atom. The molecular weight excluding hydrogens is 272 g/mol. The van der Waals surface area contributed by atoms with Crippen LogP contribution < -0.4 is 5.19 Å². The van der Waals surface area contributed by atoms with Crippen molar-refractivity contribution in [3.8, 4) is 0 Å². The predicted molar refractivity (Wildman–Crippen MR) is 97.0 cm³/mol. The highest BCUT2D eigenvalue weighted by Gasteiger charge is 2.55. The summed E-state index contributed by atoms with van der Waals surface area (Å²) in [7, 11) is -2.55. The first-order valence-corrected chi connectivity index (χ1v) is 15.1. The van der Waals surface area contributed by atoms with Crippen molar-refractivity contribution in [3.63, 3.8) is 0 Å². The molecule has 1 aromatic carbocycles. The summed E-state index contributed by atoms with van der Waals surface area (Å²) in [6.07, 6.45) is 2.92. The molecule has 0 nitrogen and oxygen atoms in total. The van der Waals surface area contributed by atoms with Gasteiger partial charge in [0.2, 0.25) is 0 Å². The second-order valence-corrected chi connectivity index (χ2v) is 23.6. The molecule has 0 amide bonds. The Labute approximate surface area is 127 Å². The molecule has 1 fully saturated rings. The summed E-state index contributed by atoms with van der Waals surface area (Å²) >= 11 is 0. The predicted octanol–water partition coefficient (Wildman–Crippen LogP) is 5.22. The van der Waals surface area contributed by atoms with E-state index in [-0.39, 0.29) is 0 Å². The lowest BCUT2D eigenvalue weighted by Crippen LogP contribution is -2.71. The summed E-state index contributed by atoms with van der Waals surface area (Å²) in [6.45, 7) is 15.5. The van der Waals surface area contributed by atoms with Crippen molar-refractivity contribution in [3.05, 3.63) is 30.3 Å². The first-order valence-electron chi connectivity index (χ1n) is 8.36. The van der Waals surface area contributed by atoms with Crippen LogP contribution in [0.5, 0.6) is 0 Å². The third-order valence-corrected chi connectivity index (χ3v) is 24.0. The Balaban J connectivity index is 2.62. The highest BCUT2D eigenvalue weighted by molar-refractivity contribution is 7.46. The summed E-state index contributed by atoms with van der Waals surface area (Å²) in [5, 5.41) is 1.77. The zero-order valence-electron chi connectivity index (χ0n) is 14.2. The summed E-state index contributed by atoms with van der Waals surface area (Å²) in [5.41, 5.74) is 0.977. The highest BCUT2D eigenvalue weighted by Crippen LogP contribution is 2.49. The minimum Gasteiger partial charge on any atom is -0.0711 e. The number of rotatable bonds is 3. The Hall–Kier alpha value is -0.346. The first-order chi connectivity index (χ1) is 9.30. The fourth-order valence-corrected chi connectivity index (χ4v) is 23.3. The Morgan fingerprint density at radius 3 is 2.20 bits per heavy atom. The van der Waals surface area contributed by atoms with Crippen molar-refractivity contribution in [2.75, 3.05) is 0 Å². The summed E-state index contributed by atoms with van der Waals surface area (Å²) in [6, 6.07) is 13.2. The van der Waals surface area contributed by atoms with E-state index in [1.165, 1.54) is 12.8 Å². The number of hydrogen-bond donors (Lipinski definition) is 0. The van der Waals surface area contributed by atoms with Gasteiger partial charge in [-0.2, -0.15) is 0 Å². The monoisotopic (exact) mass is 304 g/mol. The molecule has 2 heteroatoms. The van der Waals surface area contributed by atoms with Gasteiger partial charge in [-0.1, -0.05) is 94.8 Å². The molecule has 2 rings (SSSR count). The standard InChI is InChI=1S/C18H32Si2/c1-15(2)18-16(3)11-10-14-20(18,19(4,5)6)17-12-8-7-9-13-17/h7-9,12-13,15-16,18H,10-11,14H2,1-6H3/t16-,18+,20?/m1/s1. The van der Waals surface area contributed by atoms with Crippen LogP contribution in [-0.2, 0) is 0 Å². The van der Waals surface area contributed by atoms with Crippen LogP contribution in [0, 0.1) is 11.8 Å². The van der Waals surface area contributed by atoms with Crippen LogP contribution >= 0.6 is 0 Å². The second kappa shape index (κ2) is 5.80. The third-order valence-electron chi connectivity index (χ3n) is 5.76. The molecule has 112 valence electrons. The molecule has 1 heterocycles. The molecule has 1 aromatic rings. The van der Waals surface area contributed by atoms with Gasteiger partial charge in [-0.3, -0.25) is 0 Å². The Bertz CT molecular complexity index is 432. The second-order valence-electron chi connectivity index (χ2n) is 8.23. The van der Waals surface area contributed by atoms with E-state index in [0.29, 0.717) is 0 Å². The minimum absolute atomic E-state index is 0.837. The zero-order valence-corrected chi connectivity index (χ0v) is 16.2. The van der Waals surface area contributed by atoms with Crippen LogP contribution in [0.15, 0.2) is 30.3 Å². The molecule has 0 saturated carbocycles. The normalized spacial score (nSPS) is 31.6. The van der Waals surface area contributed by atoms with Crippen LogP contribution in [0.2, 0.25) is 31.2 Å². The average Bonchev–Trinajstić information content (AvgIpc) is 2.37. The van der Waals surface area contributed by atoms with E-state index in [2.05, 4.69) is 70.7 Å². The van der Waals surface area contributed by atoms with Crippen molar-refractivity contribution in [2.24, 2.45) is 11.8 Å². The molecule has 0 aromatic heterocycles. The van der Waals surface area contributed by atoms with Gasteiger partial charge in [-0.05, 0) is 17.4 Å². The highest BCUT2D eigenvalue weighted by atomic mass is 29.3. The van der Waals surface area contributed by atoms with E-state index < -0.39 is 15.2 Å². The van der Waals surface area contributed by atoms with Crippen molar-refractivity contribution >= 4 is 20.4 Å². The van der Waals surface area contributed by atoms with E-state index in [9.17, 15) is 0 Å². The van der Waals surface area contributed by atoms with Gasteiger partial charge in [0.25, 0.3) is 0 Å². The zero-order chi connectivity index (χ0) is 15.0. The van der Waals surface area contributed by atoms with Crippen LogP contribution in [0.3, 0.4) is 0 Å². The van der Waals surface area contributed by atoms with Gasteiger partial charge in [-0.25, -0.2) is 0 Å². The topological polar surface area (TPSA) is 0 Å². The molecule has 0 radical (unpaired) electrons. The number of benzene rings is 1. The molecule has 3 atom stereocenters. The van der Waals surface area contributed by atoms with Crippen molar-refractivity contribution in [1.82, 2.24) is 0 Å². The van der Waals surface area contributed by atoms with Gasteiger partial charge in [0.1, 0.15) is 0 Å². The molecule has 0 bridgehead atoms. The molecule has 0 aliphatic carbocycles. The lowest BCUT2D eigenvalue weighted by atomic mass is 9.93. The maximum absolute atomic E-state index is 2.65. The maximum Gasteiger partial charge on any atom is 0.0830 e. The maximum atomic E-state index is 2.65. The van der Waals surface area contributed by atoms with E-state index in [4.69, 9.17) is 0 Å². The van der Waals surface area contributed by atoms with Crippen molar-refractivity contribution < 1.29 is 0 Å². The van der Waals surface area contributed by atoms with Gasteiger partial charge in [0.15, 0.2) is 0 Å². The van der Waals surface area contributed by atoms with E-state index in [1.807, 2.05) is 0 Å². The molecule has 0 N–H and O–H groups in total. The smallest absolute Gasteiger partial charge is 0.0711 e. The van der Waals surface area contributed by atoms with Crippen LogP contribution in [-0.4, -0.2) is 15.2 Å². The van der Waals surface area contributed by atoms with Gasteiger partial charge in [0.05, 0.1) is 7.59 Å². The van der Waals surface area contributed by atoms with Crippen LogP contribution in [0.25, 0.3) is 0 Å². The fraction of sp³-hybridized carbons (Fsp3) is 0.667. The summed E-state index contributed by atoms with van der Waals surface area (Å²) < 4.78 is 0. The quantitative estimate of drug-likeness (QED) is 0.672. The lowest BCUT2D eigenvalue weighted by Gasteiger charge is -2.55. The molecule has 1 unspecified atom stereocenters. The fourth-order valence-electron chi connectivity index (χ4n) is 5.14. The van der Waals surface area contributed by atoms with E-state index in [0.717, 1.165) is 17.4 Å². The molecule has 1 saturated heterocycles. The van der Waals surface area contributed by atoms with E-state index in [1.54, 1.807) is 11.2 Å². The Kier molecular flexibility index (Phi) is 4.65. The molecular formula is C18H32Si2. The van der Waals surface area contributed by atoms with Gasteiger partial charge in [0, 0.05) is 7.59 Å². The summed E-state index contributed by atoms with van der Waals surface area (Å²) in [4.78, 5) is 0. The van der Waals surface area contributed by atoms with Gasteiger partial charge in [-0.15, -0.1) is 0 Å². The van der Waals surface area contributed by atoms with E-state index >= 15 is 0 Å². The summed E-state index contributed by atoms with van der Waals surface area (Å²) in [5.74, 6) is 1.76. The largest absolute Gasteiger partial charge is 0.0830 e. The molecule has 0 spiro atoms.